The Bertz CT molecular complexity index is 1550. The van der Waals surface area contributed by atoms with E-state index in [0.717, 1.165) is 30.6 Å². The minimum atomic E-state index is -1.24. The van der Waals surface area contributed by atoms with Gasteiger partial charge in [-0.15, -0.1) is 0 Å². The molecule has 16 nitrogen and oxygen atoms in total. The average molecular weight is 1580 g/mol. The summed E-state index contributed by atoms with van der Waals surface area (Å²) in [7, 11) is 0. The molecule has 2 saturated heterocycles. The van der Waals surface area contributed by atoms with Crippen LogP contribution in [0.3, 0.4) is 0 Å². The minimum Gasteiger partial charge on any atom is -0.646 e. The Hall–Kier alpha value is 3.64. The number of aryl methyl sites for hydroxylation is 1. The maximum Gasteiger partial charge on any atom is 0.196 e. The van der Waals surface area contributed by atoms with Gasteiger partial charge in [-0.05, 0) is 69.9 Å². The van der Waals surface area contributed by atoms with Gasteiger partial charge in [-0.2, -0.15) is 0 Å². The number of allylic oxidation sites excluding steroid dienone is 1. The third-order valence-electron chi connectivity index (χ3n) is 11.3. The first kappa shape index (κ1) is 62.6. The van der Waals surface area contributed by atoms with Gasteiger partial charge in [0.15, 0.2) is 12.4 Å². The number of hydrogen-bond acceptors (Lipinski definition) is 16. The van der Waals surface area contributed by atoms with E-state index in [1.165, 1.54) is 56.4 Å². The molecule has 1 aromatic rings. The van der Waals surface area contributed by atoms with Crippen molar-refractivity contribution in [3.63, 3.8) is 0 Å². The van der Waals surface area contributed by atoms with Crippen LogP contribution in [0, 0.1) is 267 Å². The van der Waals surface area contributed by atoms with Gasteiger partial charge in [0, 0.05) is 259 Å². The zero-order valence-electron chi connectivity index (χ0n) is 32.7. The van der Waals surface area contributed by atoms with Crippen LogP contribution in [-0.4, -0.2) is 112 Å². The van der Waals surface area contributed by atoms with E-state index in [0.29, 0.717) is 11.8 Å². The fraction of sp³-hybridized carbons (Fsp3) is 0.622. The normalized spacial score (nSPS) is 35.9. The van der Waals surface area contributed by atoms with Gasteiger partial charge in [0.2, 0.25) is 0 Å². The topological polar surface area (TPSA) is 195 Å². The van der Waals surface area contributed by atoms with Crippen LogP contribution in [0.25, 0.3) is 0 Å². The van der Waals surface area contributed by atoms with Crippen LogP contribution in [0.15, 0.2) is 24.3 Å². The second kappa shape index (κ2) is 29.5. The van der Waals surface area contributed by atoms with E-state index < -0.39 is 67.3 Å². The van der Waals surface area contributed by atoms with Crippen molar-refractivity contribution in [2.24, 2.45) is 11.8 Å². The molecule has 59 heavy (non-hydrogen) atoms. The molecule has 3 heterocycles. The summed E-state index contributed by atoms with van der Waals surface area (Å²) in [6.45, 7) is 14.7. The van der Waals surface area contributed by atoms with E-state index in [2.05, 4.69) is 39.3 Å². The summed E-state index contributed by atoms with van der Waals surface area (Å²) < 4.78 is 53.6. The molecule has 0 N–H and O–H groups in total. The molecule has 6 aliphatic rings. The van der Waals surface area contributed by atoms with E-state index in [4.69, 9.17) is 33.2 Å². The smallest absolute Gasteiger partial charge is 0.196 e. The van der Waals surface area contributed by atoms with E-state index in [9.17, 15) is 28.8 Å². The Morgan fingerprint density at radius 3 is 1.63 bits per heavy atom. The van der Waals surface area contributed by atoms with E-state index in [-0.39, 0.29) is 259 Å². The summed E-state index contributed by atoms with van der Waals surface area (Å²) >= 11 is 0. The van der Waals surface area contributed by atoms with Crippen molar-refractivity contribution in [2.45, 2.75) is 132 Å². The Kier molecular flexibility index (Phi) is 31.3. The van der Waals surface area contributed by atoms with E-state index >= 15 is 0 Å². The molecule has 6 radical (unpaired) electrons. The molecule has 1 spiro atoms. The Labute approximate surface area is 542 Å². The van der Waals surface area contributed by atoms with Crippen LogP contribution in [0.5, 0.6) is 5.75 Å². The zero-order chi connectivity index (χ0) is 37.9. The summed E-state index contributed by atoms with van der Waals surface area (Å²) in [5.74, 6) is 1.85. The molecule has 3 aliphatic carbocycles. The zero-order valence-corrected chi connectivity index (χ0v) is 54.9. The van der Waals surface area contributed by atoms with Crippen molar-refractivity contribution < 1.29 is 324 Å². The van der Waals surface area contributed by atoms with Gasteiger partial charge in [-0.1, -0.05) is 69.5 Å². The number of carbonyl (C=O) groups excluding carboxylic acids is 6. The maximum atomic E-state index is 11.2. The van der Waals surface area contributed by atoms with Crippen LogP contribution < -0.4 is 4.74 Å². The van der Waals surface area contributed by atoms with Crippen molar-refractivity contribution in [2.75, 3.05) is 0 Å². The molecule has 0 amide bonds. The molecule has 306 valence electrons. The minimum absolute atomic E-state index is 0. The molecule has 7 rings (SSSR count). The number of ether oxygens (including phenoxy) is 10. The molecule has 3 aliphatic heterocycles. The van der Waals surface area contributed by atoms with E-state index in [1.54, 1.807) is 20.8 Å². The predicted octanol–water partition coefficient (Wildman–Crippen LogP) is 1.17. The molecule has 3 fully saturated rings. The van der Waals surface area contributed by atoms with Gasteiger partial charge in [0.25, 0.3) is 0 Å². The third-order valence-corrected chi connectivity index (χ3v) is 11.3. The second-order valence-corrected chi connectivity index (χ2v) is 13.9. The summed E-state index contributed by atoms with van der Waals surface area (Å²) in [6.07, 6.45) is -1.49. The van der Waals surface area contributed by atoms with Crippen molar-refractivity contribution >= 4 is 38.8 Å². The molecule has 15 atom stereocenters. The van der Waals surface area contributed by atoms with Crippen molar-refractivity contribution in [1.29, 1.82) is 0 Å². The molecule has 2 bridgehead atoms. The first-order valence-corrected chi connectivity index (χ1v) is 17.3. The SMILES string of the molecule is CC1O[C@H](C)[C@@H](O[C-]=O)C(O[C-]=O)[C@H]1O[C-]=O.Cc1ccc2c3c1O[C@H]1[C@@H](O[C@@H]4O[C@H](C)[C@@H](O[C-]=O)[C@H](O[C-]=O)[C@H]4O[C-]=O)C=CC4[C@H](CCC[C@@]341)C2.[Pr].[Pr].[Pr].[Pr].[Pr].[Pr]. The third kappa shape index (κ3) is 13.2. The van der Waals surface area contributed by atoms with Crippen LogP contribution in [0.1, 0.15) is 56.7 Å². The summed E-state index contributed by atoms with van der Waals surface area (Å²) in [6, 6.07) is 4.36. The van der Waals surface area contributed by atoms with Crippen LogP contribution >= 0.6 is 0 Å². The molecular weight excluding hydrogens is 1550 g/mol. The number of benzene rings is 1. The molecule has 3 unspecified atom stereocenters. The van der Waals surface area contributed by atoms with Crippen LogP contribution in [0.4, 0.5) is 0 Å². The first-order chi connectivity index (χ1) is 25.7. The van der Waals surface area contributed by atoms with Crippen molar-refractivity contribution in [3.8, 4) is 5.75 Å². The second-order valence-electron chi connectivity index (χ2n) is 13.9. The Morgan fingerprint density at radius 2 is 1.10 bits per heavy atom. The maximum absolute atomic E-state index is 11.2. The molecule has 1 saturated carbocycles. The van der Waals surface area contributed by atoms with Gasteiger partial charge in [0.05, 0.1) is 18.3 Å². The van der Waals surface area contributed by atoms with Gasteiger partial charge < -0.3 is 76.1 Å². The number of hydrogen-bond donors (Lipinski definition) is 0. The summed E-state index contributed by atoms with van der Waals surface area (Å²) in [5.41, 5.74) is 3.56. The fourth-order valence-corrected chi connectivity index (χ4v) is 9.30. The first-order valence-electron chi connectivity index (χ1n) is 17.3. The molecule has 0 aromatic heterocycles. The van der Waals surface area contributed by atoms with Gasteiger partial charge >= 0.3 is 0 Å². The molecule has 22 heteroatoms. The fourth-order valence-electron chi connectivity index (χ4n) is 9.30. The largest absolute Gasteiger partial charge is 0.646 e. The van der Waals surface area contributed by atoms with Crippen molar-refractivity contribution in [1.82, 2.24) is 0 Å². The monoisotopic (exact) mass is 1580 g/mol. The molecular formula is C37H38O16Pr6-6. The van der Waals surface area contributed by atoms with Crippen LogP contribution in [0.2, 0.25) is 0 Å². The average Bonchev–Trinajstić information content (AvgIpc) is 3.48. The standard InChI is InChI=1S/C27H27O9.C10H11O7.6Pr/c1-14-5-6-17-10-16-4-3-9-27-18(16)7-8-19(25(27)36-21(14)20(17)27)35-26-24(33-13-30)23(32-12-29)22(31-11-28)15(2)34-26;1-6-8(14-3-11)10(16-5-13)9(15-4-12)7(2)17-6;;;;;;/h5-8,15-16,18-19,22-26H,3-4,9-10H2,1-2H3;6-10H,1-2H3;;;;;;/q2*-3;;;;;;/t15-,16-,18?,19+,22-,23+,24-,25+,26+,27+;6-,7?,8-,9+,10?;;;;;;/m11....../s1. The van der Waals surface area contributed by atoms with Gasteiger partial charge in [-0.25, -0.2) is 0 Å². The summed E-state index contributed by atoms with van der Waals surface area (Å²) in [4.78, 5) is 64.0. The Balaban J connectivity index is 0.00000127. The van der Waals surface area contributed by atoms with Crippen molar-refractivity contribution in [3.05, 3.63) is 41.0 Å². The Morgan fingerprint density at radius 1 is 0.627 bits per heavy atom. The summed E-state index contributed by atoms with van der Waals surface area (Å²) in [5, 5.41) is 0. The predicted molar refractivity (Wildman–Crippen MR) is 174 cm³/mol. The van der Waals surface area contributed by atoms with E-state index in [1.807, 2.05) is 6.08 Å². The van der Waals surface area contributed by atoms with Gasteiger partial charge in [0.1, 0.15) is 48.5 Å². The number of rotatable bonds is 14. The van der Waals surface area contributed by atoms with Gasteiger partial charge in [-0.3, -0.25) is 0 Å². The quantitative estimate of drug-likeness (QED) is 0.146. The van der Waals surface area contributed by atoms with Crippen LogP contribution in [-0.2, 0) is 83.2 Å². The molecule has 1 aromatic carbocycles.